The topological polar surface area (TPSA) is 52.6 Å². The van der Waals surface area contributed by atoms with Gasteiger partial charge in [0.05, 0.1) is 0 Å². The summed E-state index contributed by atoms with van der Waals surface area (Å²) in [6, 6.07) is 13.6. The fraction of sp³-hybridized carbons (Fsp3) is 0.368. The SMILES string of the molecule is CC(=O)O[C@@H]1CCCO[C@@H]1CC(=O)c1ccc2ccccc2c1. The second-order valence-corrected chi connectivity index (χ2v) is 5.89. The molecule has 2 aromatic rings. The van der Waals surface area contributed by atoms with Crippen LogP contribution in [0.3, 0.4) is 0 Å². The lowest BCUT2D eigenvalue weighted by atomic mass is 9.96. The summed E-state index contributed by atoms with van der Waals surface area (Å²) in [7, 11) is 0. The van der Waals surface area contributed by atoms with E-state index in [9.17, 15) is 9.59 Å². The molecule has 2 atom stereocenters. The molecule has 0 N–H and O–H groups in total. The molecule has 1 saturated heterocycles. The first-order valence-electron chi connectivity index (χ1n) is 7.94. The van der Waals surface area contributed by atoms with Gasteiger partial charge in [-0.15, -0.1) is 0 Å². The summed E-state index contributed by atoms with van der Waals surface area (Å²) >= 11 is 0. The van der Waals surface area contributed by atoms with Gasteiger partial charge in [-0.3, -0.25) is 9.59 Å². The minimum Gasteiger partial charge on any atom is -0.460 e. The van der Waals surface area contributed by atoms with E-state index >= 15 is 0 Å². The highest BCUT2D eigenvalue weighted by atomic mass is 16.6. The molecule has 1 fully saturated rings. The third kappa shape index (κ3) is 3.77. The zero-order chi connectivity index (χ0) is 16.2. The van der Waals surface area contributed by atoms with E-state index in [1.807, 2.05) is 42.5 Å². The van der Waals surface area contributed by atoms with E-state index in [0.29, 0.717) is 12.2 Å². The van der Waals surface area contributed by atoms with Crippen LogP contribution in [0.2, 0.25) is 0 Å². The van der Waals surface area contributed by atoms with E-state index in [4.69, 9.17) is 9.47 Å². The normalized spacial score (nSPS) is 21.1. The van der Waals surface area contributed by atoms with Crippen LogP contribution in [0.25, 0.3) is 10.8 Å². The number of Topliss-reactive ketones (excluding diaryl/α,β-unsaturated/α-hetero) is 1. The molecule has 1 heterocycles. The summed E-state index contributed by atoms with van der Waals surface area (Å²) in [6.07, 6.45) is 1.14. The number of ketones is 1. The Bertz CT molecular complexity index is 722. The number of carbonyl (C=O) groups is 2. The van der Waals surface area contributed by atoms with Crippen LogP contribution in [0, 0.1) is 0 Å². The Balaban J connectivity index is 1.74. The molecule has 0 saturated carbocycles. The predicted molar refractivity (Wildman–Crippen MR) is 87.4 cm³/mol. The number of rotatable bonds is 4. The quantitative estimate of drug-likeness (QED) is 0.640. The summed E-state index contributed by atoms with van der Waals surface area (Å²) in [6.45, 7) is 1.99. The summed E-state index contributed by atoms with van der Waals surface area (Å²) in [5.74, 6) is -0.316. The molecule has 0 spiro atoms. The number of hydrogen-bond acceptors (Lipinski definition) is 4. The minimum absolute atomic E-state index is 0.0137. The number of ether oxygens (including phenoxy) is 2. The number of esters is 1. The zero-order valence-corrected chi connectivity index (χ0v) is 13.2. The summed E-state index contributed by atoms with van der Waals surface area (Å²) in [5, 5.41) is 2.15. The van der Waals surface area contributed by atoms with Gasteiger partial charge in [-0.05, 0) is 29.7 Å². The third-order valence-electron chi connectivity index (χ3n) is 4.15. The van der Waals surface area contributed by atoms with Gasteiger partial charge in [0, 0.05) is 25.5 Å². The maximum Gasteiger partial charge on any atom is 0.302 e. The third-order valence-corrected chi connectivity index (χ3v) is 4.15. The van der Waals surface area contributed by atoms with Crippen molar-refractivity contribution in [3.63, 3.8) is 0 Å². The van der Waals surface area contributed by atoms with Gasteiger partial charge in [-0.1, -0.05) is 36.4 Å². The largest absolute Gasteiger partial charge is 0.460 e. The maximum atomic E-state index is 12.6. The van der Waals surface area contributed by atoms with Crippen molar-refractivity contribution in [2.45, 2.75) is 38.4 Å². The fourth-order valence-corrected chi connectivity index (χ4v) is 3.01. The number of fused-ring (bicyclic) bond motifs is 1. The van der Waals surface area contributed by atoms with Crippen molar-refractivity contribution in [2.24, 2.45) is 0 Å². The highest BCUT2D eigenvalue weighted by molar-refractivity contribution is 6.00. The molecule has 1 aliphatic heterocycles. The fourth-order valence-electron chi connectivity index (χ4n) is 3.01. The molecule has 3 rings (SSSR count). The van der Waals surface area contributed by atoms with Crippen LogP contribution in [0.1, 0.15) is 36.5 Å². The second kappa shape index (κ2) is 6.92. The van der Waals surface area contributed by atoms with E-state index in [0.717, 1.165) is 23.6 Å². The van der Waals surface area contributed by atoms with Crippen LogP contribution >= 0.6 is 0 Å². The highest BCUT2D eigenvalue weighted by Gasteiger charge is 2.30. The van der Waals surface area contributed by atoms with Gasteiger partial charge in [0.15, 0.2) is 5.78 Å². The van der Waals surface area contributed by atoms with Gasteiger partial charge < -0.3 is 9.47 Å². The molecular formula is C19H20O4. The lowest BCUT2D eigenvalue weighted by Crippen LogP contribution is -2.38. The van der Waals surface area contributed by atoms with Crippen LogP contribution in [0.15, 0.2) is 42.5 Å². The number of hydrogen-bond donors (Lipinski definition) is 0. The van der Waals surface area contributed by atoms with Gasteiger partial charge >= 0.3 is 5.97 Å². The maximum absolute atomic E-state index is 12.6. The first kappa shape index (κ1) is 15.7. The van der Waals surface area contributed by atoms with Gasteiger partial charge in [-0.25, -0.2) is 0 Å². The van der Waals surface area contributed by atoms with Gasteiger partial charge in [0.25, 0.3) is 0 Å². The van der Waals surface area contributed by atoms with Crippen molar-refractivity contribution >= 4 is 22.5 Å². The van der Waals surface area contributed by atoms with E-state index in [-0.39, 0.29) is 30.4 Å². The van der Waals surface area contributed by atoms with Gasteiger partial charge in [0.2, 0.25) is 0 Å². The average Bonchev–Trinajstić information content (AvgIpc) is 2.55. The molecule has 1 aliphatic rings. The first-order chi connectivity index (χ1) is 11.1. The number of carbonyl (C=O) groups excluding carboxylic acids is 2. The standard InChI is InChI=1S/C19H20O4/c1-13(20)23-18-7-4-10-22-19(18)12-17(21)16-9-8-14-5-2-3-6-15(14)11-16/h2-3,5-6,8-9,11,18-19H,4,7,10,12H2,1H3/t18-,19-/m1/s1. The molecule has 120 valence electrons. The Labute approximate surface area is 135 Å². The van der Waals surface area contributed by atoms with Crippen LogP contribution in [0.5, 0.6) is 0 Å². The van der Waals surface area contributed by atoms with Crippen molar-refractivity contribution in [1.29, 1.82) is 0 Å². The van der Waals surface area contributed by atoms with E-state index < -0.39 is 0 Å². The summed E-state index contributed by atoms with van der Waals surface area (Å²) in [4.78, 5) is 23.8. The molecule has 23 heavy (non-hydrogen) atoms. The van der Waals surface area contributed by atoms with Crippen molar-refractivity contribution < 1.29 is 19.1 Å². The summed E-state index contributed by atoms with van der Waals surface area (Å²) in [5.41, 5.74) is 0.666. The Kier molecular flexibility index (Phi) is 4.72. The van der Waals surface area contributed by atoms with Gasteiger partial charge in [-0.2, -0.15) is 0 Å². The number of benzene rings is 2. The average molecular weight is 312 g/mol. The molecule has 0 bridgehead atoms. The monoisotopic (exact) mass is 312 g/mol. The Morgan fingerprint density at radius 3 is 2.74 bits per heavy atom. The lowest BCUT2D eigenvalue weighted by Gasteiger charge is -2.30. The van der Waals surface area contributed by atoms with Crippen molar-refractivity contribution in [3.05, 3.63) is 48.0 Å². The smallest absolute Gasteiger partial charge is 0.302 e. The summed E-state index contributed by atoms with van der Waals surface area (Å²) < 4.78 is 11.0. The van der Waals surface area contributed by atoms with Crippen molar-refractivity contribution in [2.75, 3.05) is 6.61 Å². The molecule has 0 amide bonds. The lowest BCUT2D eigenvalue weighted by molar-refractivity contribution is -0.160. The molecule has 0 radical (unpaired) electrons. The molecule has 0 aliphatic carbocycles. The van der Waals surface area contributed by atoms with Crippen LogP contribution in [0.4, 0.5) is 0 Å². The molecule has 2 aromatic carbocycles. The van der Waals surface area contributed by atoms with Crippen LogP contribution in [-0.2, 0) is 14.3 Å². The Morgan fingerprint density at radius 1 is 1.17 bits per heavy atom. The zero-order valence-electron chi connectivity index (χ0n) is 13.2. The minimum atomic E-state index is -0.355. The van der Waals surface area contributed by atoms with Gasteiger partial charge in [0.1, 0.15) is 12.2 Å². The van der Waals surface area contributed by atoms with Crippen molar-refractivity contribution in [3.8, 4) is 0 Å². The van der Waals surface area contributed by atoms with E-state index in [1.54, 1.807) is 0 Å². The highest BCUT2D eigenvalue weighted by Crippen LogP contribution is 2.23. The van der Waals surface area contributed by atoms with E-state index in [1.165, 1.54) is 6.92 Å². The molecule has 0 unspecified atom stereocenters. The molecule has 4 nitrogen and oxygen atoms in total. The van der Waals surface area contributed by atoms with Crippen LogP contribution in [-0.4, -0.2) is 30.6 Å². The Morgan fingerprint density at radius 2 is 1.96 bits per heavy atom. The molecule has 0 aromatic heterocycles. The predicted octanol–water partition coefficient (Wildman–Crippen LogP) is 3.52. The van der Waals surface area contributed by atoms with Crippen molar-refractivity contribution in [1.82, 2.24) is 0 Å². The van der Waals surface area contributed by atoms with Crippen LogP contribution < -0.4 is 0 Å². The van der Waals surface area contributed by atoms with E-state index in [2.05, 4.69) is 0 Å². The second-order valence-electron chi connectivity index (χ2n) is 5.89. The molecule has 4 heteroatoms. The Hall–Kier alpha value is -2.20. The first-order valence-corrected chi connectivity index (χ1v) is 7.94. The molecular weight excluding hydrogens is 292 g/mol.